The monoisotopic (exact) mass is 395 g/mol. The molecule has 2 heterocycles. The number of anilines is 2. The first-order chi connectivity index (χ1) is 13.4. The van der Waals surface area contributed by atoms with E-state index in [1.807, 2.05) is 37.3 Å². The van der Waals surface area contributed by atoms with Crippen LogP contribution < -0.4 is 10.2 Å². The van der Waals surface area contributed by atoms with E-state index in [-0.39, 0.29) is 29.3 Å². The summed E-state index contributed by atoms with van der Waals surface area (Å²) in [6, 6.07) is 16.2. The fraction of sp³-hybridized carbons (Fsp3) is 0.150. The van der Waals surface area contributed by atoms with Gasteiger partial charge in [-0.1, -0.05) is 48.5 Å². The molecule has 1 unspecified atom stereocenters. The van der Waals surface area contributed by atoms with Gasteiger partial charge in [-0.3, -0.25) is 10.2 Å². The van der Waals surface area contributed by atoms with E-state index in [0.717, 1.165) is 11.3 Å². The Kier molecular flexibility index (Phi) is 4.56. The van der Waals surface area contributed by atoms with E-state index in [2.05, 4.69) is 15.3 Å². The van der Waals surface area contributed by atoms with Crippen LogP contribution in [0.3, 0.4) is 0 Å². The van der Waals surface area contributed by atoms with Gasteiger partial charge in [0.25, 0.3) is 5.16 Å². The van der Waals surface area contributed by atoms with E-state index in [9.17, 15) is 13.2 Å². The molecule has 28 heavy (non-hydrogen) atoms. The minimum Gasteiger partial charge on any atom is -0.291 e. The molecule has 1 aromatic heterocycles. The molecule has 7 nitrogen and oxygen atoms in total. The Hall–Kier alpha value is -3.26. The zero-order valence-electron chi connectivity index (χ0n) is 15.2. The van der Waals surface area contributed by atoms with Crippen LogP contribution in [-0.4, -0.2) is 24.4 Å². The normalized spacial score (nSPS) is 15.5. The lowest BCUT2D eigenvalue weighted by molar-refractivity contribution is 0.255. The summed E-state index contributed by atoms with van der Waals surface area (Å²) in [4.78, 5) is 22.5. The standard InChI is InChI=1S/C20H18N4O3S/c1-14-7-5-6-10-17(14)24-12-16-11-21-19(22-18(16)23-20(24)25)28(26,27)13-15-8-3-2-4-9-15/h2-11H,12-13H2,1H3,(H,21,22,23,25)/p+1. The maximum absolute atomic E-state index is 12.8. The summed E-state index contributed by atoms with van der Waals surface area (Å²) < 4.78 is 23.2. The highest BCUT2D eigenvalue weighted by Crippen LogP contribution is 2.28. The van der Waals surface area contributed by atoms with Crippen LogP contribution >= 0.6 is 0 Å². The minimum absolute atomic E-state index is 0.0874. The highest BCUT2D eigenvalue weighted by atomic mass is 32.2. The van der Waals surface area contributed by atoms with Crippen molar-refractivity contribution in [2.45, 2.75) is 24.4 Å². The van der Waals surface area contributed by atoms with E-state index in [4.69, 9.17) is 0 Å². The van der Waals surface area contributed by atoms with Crippen molar-refractivity contribution in [3.8, 4) is 0 Å². The predicted molar refractivity (Wildman–Crippen MR) is 107 cm³/mol. The van der Waals surface area contributed by atoms with Crippen LogP contribution in [0.2, 0.25) is 0 Å². The molecule has 2 amide bonds. The molecule has 1 atom stereocenters. The van der Waals surface area contributed by atoms with Gasteiger partial charge < -0.3 is 0 Å². The molecule has 0 aliphatic carbocycles. The van der Waals surface area contributed by atoms with Gasteiger partial charge in [0.1, 0.15) is 11.6 Å². The summed E-state index contributed by atoms with van der Waals surface area (Å²) in [5.41, 5.74) is 3.16. The molecule has 0 radical (unpaired) electrons. The molecular weight excluding hydrogens is 376 g/mol. The molecule has 0 saturated heterocycles. The van der Waals surface area contributed by atoms with Crippen molar-refractivity contribution < 1.29 is 13.2 Å². The Bertz CT molecular complexity index is 1150. The van der Waals surface area contributed by atoms with Gasteiger partial charge in [-0.05, 0) is 24.1 Å². The van der Waals surface area contributed by atoms with Gasteiger partial charge in [0.05, 0.1) is 6.54 Å². The Morgan fingerprint density at radius 2 is 1.86 bits per heavy atom. The molecule has 3 aromatic rings. The molecule has 1 aliphatic heterocycles. The second-order valence-corrected chi connectivity index (χ2v) is 8.53. The number of nitrogens with one attached hydrogen (secondary N) is 1. The molecule has 0 fully saturated rings. The minimum atomic E-state index is -3.47. The van der Waals surface area contributed by atoms with E-state index >= 15 is 0 Å². The summed E-state index contributed by atoms with van der Waals surface area (Å²) >= 11 is 0. The molecule has 1 aliphatic rings. The molecule has 0 spiro atoms. The summed E-state index contributed by atoms with van der Waals surface area (Å²) in [6.07, 6.45) is 1.50. The van der Waals surface area contributed by atoms with Crippen molar-refractivity contribution in [3.05, 3.63) is 77.5 Å². The average molecular weight is 395 g/mol. The third-order valence-electron chi connectivity index (χ3n) is 4.54. The second-order valence-electron chi connectivity index (χ2n) is 6.60. The fourth-order valence-electron chi connectivity index (χ4n) is 3.10. The number of rotatable bonds is 4. The number of hydrogen-bond donors (Lipinski definition) is 1. The number of aromatic nitrogens is 2. The number of hydrogen-bond acceptors (Lipinski definition) is 4. The smallest absolute Gasteiger partial charge is 0.291 e. The van der Waals surface area contributed by atoms with Crippen molar-refractivity contribution in [3.63, 3.8) is 0 Å². The van der Waals surface area contributed by atoms with E-state index < -0.39 is 9.84 Å². The lowest BCUT2D eigenvalue weighted by Gasteiger charge is -2.29. The van der Waals surface area contributed by atoms with Gasteiger partial charge in [-0.25, -0.2) is 14.0 Å². The summed E-state index contributed by atoms with van der Waals surface area (Å²) in [5, 5.41) is 2.53. The molecule has 0 saturated carbocycles. The maximum Gasteiger partial charge on any atom is 0.341 e. The molecule has 2 N–H and O–H groups in total. The van der Waals surface area contributed by atoms with Crippen LogP contribution in [0.25, 0.3) is 0 Å². The molecule has 8 heteroatoms. The van der Waals surface area contributed by atoms with Gasteiger partial charge in [-0.2, -0.15) is 9.19 Å². The van der Waals surface area contributed by atoms with Crippen LogP contribution in [0.5, 0.6) is 0 Å². The zero-order chi connectivity index (χ0) is 19.7. The molecule has 142 valence electrons. The van der Waals surface area contributed by atoms with Gasteiger partial charge in [0.15, 0.2) is 0 Å². The first kappa shape index (κ1) is 18.1. The van der Waals surface area contributed by atoms with Crippen molar-refractivity contribution in [1.29, 1.82) is 0 Å². The number of para-hydroxylation sites is 1. The van der Waals surface area contributed by atoms with Crippen LogP contribution in [0.1, 0.15) is 16.7 Å². The highest BCUT2D eigenvalue weighted by Gasteiger charge is 2.30. The van der Waals surface area contributed by atoms with Crippen LogP contribution in [0.15, 0.2) is 66.0 Å². The molecular formula is C20H19N4O3S+. The Labute approximate surface area is 163 Å². The number of aryl methyl sites for hydroxylation is 1. The summed E-state index contributed by atoms with van der Waals surface area (Å²) in [6.45, 7) is 2.22. The van der Waals surface area contributed by atoms with E-state index in [1.54, 1.807) is 29.2 Å². The van der Waals surface area contributed by atoms with E-state index in [1.165, 1.54) is 6.20 Å². The topological polar surface area (TPSA) is 96.6 Å². The fourth-order valence-corrected chi connectivity index (χ4v) is 4.33. The van der Waals surface area contributed by atoms with Gasteiger partial charge in [0.2, 0.25) is 0 Å². The van der Waals surface area contributed by atoms with Crippen molar-refractivity contribution >= 4 is 27.4 Å². The number of amides is 2. The highest BCUT2D eigenvalue weighted by molar-refractivity contribution is 7.90. The van der Waals surface area contributed by atoms with Crippen LogP contribution in [-0.2, 0) is 22.1 Å². The van der Waals surface area contributed by atoms with Crippen LogP contribution in [0, 0.1) is 6.92 Å². The summed E-state index contributed by atoms with van der Waals surface area (Å²) in [7, 11) is -3.47. The lowest BCUT2D eigenvalue weighted by Crippen LogP contribution is -2.39. The van der Waals surface area contributed by atoms with E-state index in [0.29, 0.717) is 11.1 Å². The first-order valence-electron chi connectivity index (χ1n) is 8.72. The predicted octanol–water partition coefficient (Wildman–Crippen LogP) is 3.47. The molecule has 0 bridgehead atoms. The maximum atomic E-state index is 12.8. The number of urea groups is 1. The number of nitrogens with zero attached hydrogens (tertiary/aromatic N) is 3. The largest absolute Gasteiger partial charge is 0.341 e. The number of fused-ring (bicyclic) bond motifs is 1. The van der Waals surface area contributed by atoms with Crippen molar-refractivity contribution in [2.75, 3.05) is 10.2 Å². The Morgan fingerprint density at radius 3 is 2.61 bits per heavy atom. The van der Waals surface area contributed by atoms with Crippen molar-refractivity contribution in [2.24, 2.45) is 0 Å². The SMILES string of the molecule is Cc1ccccc1N1Cc2cnc(S(=O)(=[OH+])Cc3ccccc3)nc2NC1=O. The summed E-state index contributed by atoms with van der Waals surface area (Å²) in [5.74, 6) is 0.185. The Balaban J connectivity index is 1.63. The quantitative estimate of drug-likeness (QED) is 0.540. The lowest BCUT2D eigenvalue weighted by atomic mass is 10.1. The van der Waals surface area contributed by atoms with Gasteiger partial charge in [-0.15, -0.1) is 0 Å². The zero-order valence-corrected chi connectivity index (χ0v) is 16.0. The average Bonchev–Trinajstić information content (AvgIpc) is 2.68. The van der Waals surface area contributed by atoms with Gasteiger partial charge in [0, 0.05) is 17.4 Å². The number of carbonyl (C=O) groups excluding carboxylic acids is 1. The van der Waals surface area contributed by atoms with Crippen LogP contribution in [0.4, 0.5) is 16.3 Å². The second kappa shape index (κ2) is 7.05. The molecule has 4 rings (SSSR count). The Morgan fingerprint density at radius 1 is 1.14 bits per heavy atom. The number of carbonyl (C=O) groups is 1. The number of benzene rings is 2. The molecule has 2 aromatic carbocycles. The first-order valence-corrected chi connectivity index (χ1v) is 10.4. The van der Waals surface area contributed by atoms with Gasteiger partial charge >= 0.3 is 15.9 Å². The third-order valence-corrected chi connectivity index (χ3v) is 6.03. The third kappa shape index (κ3) is 3.46. The van der Waals surface area contributed by atoms with Crippen molar-refractivity contribution in [1.82, 2.24) is 9.97 Å².